The Kier molecular flexibility index (Phi) is 6.06. The fourth-order valence-corrected chi connectivity index (χ4v) is 2.50. The van der Waals surface area contributed by atoms with Gasteiger partial charge in [0.1, 0.15) is 17.3 Å². The molecule has 0 atom stereocenters. The second-order valence-electron chi connectivity index (χ2n) is 6.32. The molecule has 7 heteroatoms. The first kappa shape index (κ1) is 19.2. The Bertz CT molecular complexity index is 934. The summed E-state index contributed by atoms with van der Waals surface area (Å²) in [6.45, 7) is 3.52. The van der Waals surface area contributed by atoms with Crippen molar-refractivity contribution in [2.45, 2.75) is 19.9 Å². The van der Waals surface area contributed by atoms with E-state index in [1.807, 2.05) is 44.2 Å². The standard InChI is InChI=1S/C21H21N3O4/c1-15(2)24-19(12-13-22-24)23-20(25)14-27-21(26)16-8-10-18(11-9-16)28-17-6-4-3-5-7-17/h3-13,15H,14H2,1-2H3,(H,23,25). The van der Waals surface area contributed by atoms with E-state index in [0.29, 0.717) is 22.9 Å². The molecule has 0 aliphatic carbocycles. The fourth-order valence-electron chi connectivity index (χ4n) is 2.50. The molecule has 0 radical (unpaired) electrons. The minimum absolute atomic E-state index is 0.101. The molecule has 0 unspecified atom stereocenters. The van der Waals surface area contributed by atoms with E-state index in [1.54, 1.807) is 41.2 Å². The second kappa shape index (κ2) is 8.85. The van der Waals surface area contributed by atoms with Gasteiger partial charge in [0.25, 0.3) is 5.91 Å². The van der Waals surface area contributed by atoms with Gasteiger partial charge in [-0.3, -0.25) is 4.79 Å². The van der Waals surface area contributed by atoms with E-state index in [4.69, 9.17) is 9.47 Å². The SMILES string of the molecule is CC(C)n1nccc1NC(=O)COC(=O)c1ccc(Oc2ccccc2)cc1. The van der Waals surface area contributed by atoms with Crippen LogP contribution in [0.15, 0.2) is 66.9 Å². The van der Waals surface area contributed by atoms with Crippen LogP contribution in [0.5, 0.6) is 11.5 Å². The van der Waals surface area contributed by atoms with Gasteiger partial charge in [-0.15, -0.1) is 0 Å². The third kappa shape index (κ3) is 4.97. The summed E-state index contributed by atoms with van der Waals surface area (Å²) < 4.78 is 12.4. The number of nitrogens with zero attached hydrogens (tertiary/aromatic N) is 2. The number of para-hydroxylation sites is 1. The van der Waals surface area contributed by atoms with Crippen LogP contribution in [0, 0.1) is 0 Å². The van der Waals surface area contributed by atoms with Gasteiger partial charge in [-0.1, -0.05) is 18.2 Å². The Labute approximate surface area is 162 Å². The molecule has 0 spiro atoms. The fraction of sp³-hybridized carbons (Fsp3) is 0.190. The predicted octanol–water partition coefficient (Wildman–Crippen LogP) is 4.05. The largest absolute Gasteiger partial charge is 0.457 e. The lowest BCUT2D eigenvalue weighted by molar-refractivity contribution is -0.119. The highest BCUT2D eigenvalue weighted by atomic mass is 16.5. The summed E-state index contributed by atoms with van der Waals surface area (Å²) in [5, 5.41) is 6.81. The molecule has 0 bridgehead atoms. The molecule has 28 heavy (non-hydrogen) atoms. The van der Waals surface area contributed by atoms with Crippen molar-refractivity contribution in [2.24, 2.45) is 0 Å². The zero-order valence-corrected chi connectivity index (χ0v) is 15.7. The molecule has 3 rings (SSSR count). The summed E-state index contributed by atoms with van der Waals surface area (Å²) in [6.07, 6.45) is 1.60. The summed E-state index contributed by atoms with van der Waals surface area (Å²) in [7, 11) is 0. The smallest absolute Gasteiger partial charge is 0.338 e. The van der Waals surface area contributed by atoms with Crippen molar-refractivity contribution in [1.29, 1.82) is 0 Å². The predicted molar refractivity (Wildman–Crippen MR) is 104 cm³/mol. The van der Waals surface area contributed by atoms with Crippen LogP contribution in [0.1, 0.15) is 30.2 Å². The molecule has 1 heterocycles. The normalized spacial score (nSPS) is 10.5. The van der Waals surface area contributed by atoms with Crippen molar-refractivity contribution in [1.82, 2.24) is 9.78 Å². The number of esters is 1. The van der Waals surface area contributed by atoms with E-state index in [9.17, 15) is 9.59 Å². The zero-order valence-electron chi connectivity index (χ0n) is 15.7. The molecule has 3 aromatic rings. The number of carbonyl (C=O) groups excluding carboxylic acids is 2. The Hall–Kier alpha value is -3.61. The average Bonchev–Trinajstić information content (AvgIpc) is 3.16. The van der Waals surface area contributed by atoms with Crippen molar-refractivity contribution < 1.29 is 19.1 Å². The Balaban J connectivity index is 1.51. The third-order valence-corrected chi connectivity index (χ3v) is 3.83. The minimum atomic E-state index is -0.584. The lowest BCUT2D eigenvalue weighted by Crippen LogP contribution is -2.23. The first-order valence-electron chi connectivity index (χ1n) is 8.86. The molecule has 0 saturated heterocycles. The number of hydrogen-bond donors (Lipinski definition) is 1. The van der Waals surface area contributed by atoms with Crippen LogP contribution in [-0.4, -0.2) is 28.3 Å². The lowest BCUT2D eigenvalue weighted by atomic mass is 10.2. The number of nitrogens with one attached hydrogen (secondary N) is 1. The van der Waals surface area contributed by atoms with E-state index in [-0.39, 0.29) is 12.6 Å². The average molecular weight is 379 g/mol. The van der Waals surface area contributed by atoms with E-state index in [2.05, 4.69) is 10.4 Å². The van der Waals surface area contributed by atoms with Crippen LogP contribution in [0.25, 0.3) is 0 Å². The van der Waals surface area contributed by atoms with E-state index in [0.717, 1.165) is 0 Å². The van der Waals surface area contributed by atoms with Crippen molar-refractivity contribution in [3.63, 3.8) is 0 Å². The molecule has 0 aliphatic heterocycles. The second-order valence-corrected chi connectivity index (χ2v) is 6.32. The Morgan fingerprint density at radius 2 is 1.68 bits per heavy atom. The molecule has 1 aromatic heterocycles. The first-order chi connectivity index (χ1) is 13.5. The van der Waals surface area contributed by atoms with Crippen LogP contribution in [0.4, 0.5) is 5.82 Å². The Morgan fingerprint density at radius 1 is 1.00 bits per heavy atom. The number of ether oxygens (including phenoxy) is 2. The number of benzene rings is 2. The highest BCUT2D eigenvalue weighted by Crippen LogP contribution is 2.21. The van der Waals surface area contributed by atoms with Gasteiger partial charge in [-0.05, 0) is 50.2 Å². The topological polar surface area (TPSA) is 82.5 Å². The highest BCUT2D eigenvalue weighted by Gasteiger charge is 2.13. The first-order valence-corrected chi connectivity index (χ1v) is 8.86. The molecule has 0 fully saturated rings. The number of hydrogen-bond acceptors (Lipinski definition) is 5. The van der Waals surface area contributed by atoms with Gasteiger partial charge >= 0.3 is 5.97 Å². The molecule has 144 valence electrons. The number of carbonyl (C=O) groups is 2. The van der Waals surface area contributed by atoms with Crippen molar-refractivity contribution in [3.8, 4) is 11.5 Å². The summed E-state index contributed by atoms with van der Waals surface area (Å²) in [4.78, 5) is 24.2. The maximum absolute atomic E-state index is 12.1. The van der Waals surface area contributed by atoms with Gasteiger partial charge in [0.05, 0.1) is 11.8 Å². The van der Waals surface area contributed by atoms with Gasteiger partial charge in [-0.25, -0.2) is 9.48 Å². The van der Waals surface area contributed by atoms with Gasteiger partial charge in [-0.2, -0.15) is 5.10 Å². The number of rotatable bonds is 7. The summed E-state index contributed by atoms with van der Waals surface area (Å²) in [5.74, 6) is 0.842. The maximum Gasteiger partial charge on any atom is 0.338 e. The molecule has 1 N–H and O–H groups in total. The van der Waals surface area contributed by atoms with Crippen LogP contribution in [-0.2, 0) is 9.53 Å². The maximum atomic E-state index is 12.1. The van der Waals surface area contributed by atoms with Crippen molar-refractivity contribution >= 4 is 17.7 Å². The van der Waals surface area contributed by atoms with Crippen molar-refractivity contribution in [3.05, 3.63) is 72.4 Å². The number of aromatic nitrogens is 2. The van der Waals surface area contributed by atoms with Crippen LogP contribution in [0.3, 0.4) is 0 Å². The lowest BCUT2D eigenvalue weighted by Gasteiger charge is -2.12. The Morgan fingerprint density at radius 3 is 2.36 bits per heavy atom. The van der Waals surface area contributed by atoms with Crippen LogP contribution >= 0.6 is 0 Å². The van der Waals surface area contributed by atoms with E-state index >= 15 is 0 Å². The van der Waals surface area contributed by atoms with Gasteiger partial charge in [0, 0.05) is 12.1 Å². The summed E-state index contributed by atoms with van der Waals surface area (Å²) in [6, 6.07) is 17.6. The number of amides is 1. The van der Waals surface area contributed by atoms with Gasteiger partial charge in [0.15, 0.2) is 6.61 Å². The highest BCUT2D eigenvalue weighted by molar-refractivity contribution is 5.95. The monoisotopic (exact) mass is 379 g/mol. The molecule has 2 aromatic carbocycles. The van der Waals surface area contributed by atoms with Gasteiger partial charge in [0.2, 0.25) is 0 Å². The zero-order chi connectivity index (χ0) is 19.9. The minimum Gasteiger partial charge on any atom is -0.457 e. The quantitative estimate of drug-likeness (QED) is 0.626. The number of anilines is 1. The van der Waals surface area contributed by atoms with Crippen molar-refractivity contribution in [2.75, 3.05) is 11.9 Å². The molecular weight excluding hydrogens is 358 g/mol. The molecule has 1 amide bonds. The molecule has 7 nitrogen and oxygen atoms in total. The van der Waals surface area contributed by atoms with Gasteiger partial charge < -0.3 is 14.8 Å². The molecule has 0 saturated carbocycles. The third-order valence-electron chi connectivity index (χ3n) is 3.83. The molecule has 0 aliphatic rings. The van der Waals surface area contributed by atoms with E-state index in [1.165, 1.54) is 0 Å². The van der Waals surface area contributed by atoms with Crippen LogP contribution in [0.2, 0.25) is 0 Å². The summed E-state index contributed by atoms with van der Waals surface area (Å²) >= 11 is 0. The van der Waals surface area contributed by atoms with E-state index < -0.39 is 11.9 Å². The molecular formula is C21H21N3O4. The van der Waals surface area contributed by atoms with Crippen LogP contribution < -0.4 is 10.1 Å². The summed E-state index contributed by atoms with van der Waals surface area (Å²) in [5.41, 5.74) is 0.334.